The van der Waals surface area contributed by atoms with E-state index in [1.54, 1.807) is 42.1 Å². The van der Waals surface area contributed by atoms with E-state index in [9.17, 15) is 29.1 Å². The van der Waals surface area contributed by atoms with Crippen molar-refractivity contribution in [2.24, 2.45) is 5.92 Å². The standard InChI is InChI=1S/C36H48N8O7/c1-5-28-34(48)41-32(23(4)45)36(50)40-30(18-24-9-7-6-8-10-24)33(47)37-20-26-21-44(43-42-26)15-16-51-27-13-11-25(12-14-27)19-31(46)38-29(17-22(2)3)35(49)39-28/h6-14,21-23,28-30,32,45H,5,15-20H2,1-4H3,(H,37,47)(H,38,46)(H,39,49)(H,40,50)(H,41,48)/t23-,28+,29+,30+,32+/m1/s1. The molecule has 0 spiro atoms. The number of fused-ring (bicyclic) bond motifs is 19. The third-order valence-corrected chi connectivity index (χ3v) is 8.29. The van der Waals surface area contributed by atoms with Crippen LogP contribution in [0, 0.1) is 5.92 Å². The van der Waals surface area contributed by atoms with Crippen molar-refractivity contribution >= 4 is 29.5 Å². The molecule has 3 heterocycles. The van der Waals surface area contributed by atoms with Crippen LogP contribution in [0.5, 0.6) is 5.75 Å². The Bertz CT molecular complexity index is 1630. The number of carbonyl (C=O) groups is 5. The largest absolute Gasteiger partial charge is 0.492 e. The lowest BCUT2D eigenvalue weighted by Crippen LogP contribution is -2.60. The Labute approximate surface area is 297 Å². The van der Waals surface area contributed by atoms with Gasteiger partial charge in [-0.2, -0.15) is 0 Å². The molecule has 15 heteroatoms. The Hall–Kier alpha value is -5.31. The van der Waals surface area contributed by atoms with E-state index >= 15 is 0 Å². The van der Waals surface area contributed by atoms with Crippen LogP contribution >= 0.6 is 0 Å². The zero-order chi connectivity index (χ0) is 36.9. The molecule has 4 bridgehead atoms. The molecule has 0 saturated heterocycles. The summed E-state index contributed by atoms with van der Waals surface area (Å²) >= 11 is 0. The Balaban J connectivity index is 1.60. The number of benzene rings is 2. The lowest BCUT2D eigenvalue weighted by molar-refractivity contribution is -0.136. The monoisotopic (exact) mass is 704 g/mol. The number of nitrogens with zero attached hydrogens (tertiary/aromatic N) is 3. The van der Waals surface area contributed by atoms with Crippen LogP contribution in [0.2, 0.25) is 0 Å². The molecule has 0 unspecified atom stereocenters. The van der Waals surface area contributed by atoms with Crippen LogP contribution in [0.25, 0.3) is 0 Å². The van der Waals surface area contributed by atoms with Crippen molar-refractivity contribution in [2.75, 3.05) is 6.61 Å². The third-order valence-electron chi connectivity index (χ3n) is 8.29. The summed E-state index contributed by atoms with van der Waals surface area (Å²) in [6.45, 7) is 7.54. The summed E-state index contributed by atoms with van der Waals surface area (Å²) in [7, 11) is 0. The fraction of sp³-hybridized carbons (Fsp3) is 0.472. The summed E-state index contributed by atoms with van der Waals surface area (Å²) in [4.78, 5) is 67.0. The van der Waals surface area contributed by atoms with Gasteiger partial charge in [0.25, 0.3) is 0 Å². The molecule has 5 rings (SSSR count). The van der Waals surface area contributed by atoms with E-state index in [2.05, 4.69) is 36.9 Å². The van der Waals surface area contributed by atoms with Crippen LogP contribution in [0.3, 0.4) is 0 Å². The van der Waals surface area contributed by atoms with Gasteiger partial charge < -0.3 is 36.4 Å². The van der Waals surface area contributed by atoms with Crippen molar-refractivity contribution in [3.05, 3.63) is 77.6 Å². The second-order valence-electron chi connectivity index (χ2n) is 13.1. The van der Waals surface area contributed by atoms with E-state index in [-0.39, 0.29) is 44.2 Å². The maximum Gasteiger partial charge on any atom is 0.245 e. The van der Waals surface area contributed by atoms with Gasteiger partial charge in [-0.15, -0.1) is 5.10 Å². The van der Waals surface area contributed by atoms with E-state index in [0.717, 1.165) is 5.56 Å². The zero-order valence-electron chi connectivity index (χ0n) is 29.4. The minimum Gasteiger partial charge on any atom is -0.492 e. The van der Waals surface area contributed by atoms with Crippen molar-refractivity contribution in [2.45, 2.75) is 96.7 Å². The quantitative estimate of drug-likeness (QED) is 0.198. The van der Waals surface area contributed by atoms with E-state index < -0.39 is 53.9 Å². The van der Waals surface area contributed by atoms with Crippen molar-refractivity contribution in [1.29, 1.82) is 0 Å². The molecule has 0 fully saturated rings. The van der Waals surface area contributed by atoms with Crippen LogP contribution < -0.4 is 31.3 Å². The molecule has 2 aliphatic heterocycles. The molecule has 5 atom stereocenters. The first-order valence-electron chi connectivity index (χ1n) is 17.2. The fourth-order valence-electron chi connectivity index (χ4n) is 5.53. The van der Waals surface area contributed by atoms with Crippen LogP contribution in [0.4, 0.5) is 0 Å². The predicted octanol–water partition coefficient (Wildman–Crippen LogP) is 0.548. The maximum atomic E-state index is 13.6. The molecule has 2 aliphatic rings. The summed E-state index contributed by atoms with van der Waals surface area (Å²) in [6, 6.07) is 11.6. The minimum absolute atomic E-state index is 0.0224. The van der Waals surface area contributed by atoms with Gasteiger partial charge in [0.15, 0.2) is 0 Å². The lowest BCUT2D eigenvalue weighted by atomic mass is 10.0. The molecule has 1 aromatic heterocycles. The number of hydrogen-bond donors (Lipinski definition) is 6. The highest BCUT2D eigenvalue weighted by Gasteiger charge is 2.33. The van der Waals surface area contributed by atoms with Crippen LogP contribution in [-0.4, -0.2) is 86.5 Å². The van der Waals surface area contributed by atoms with E-state index in [4.69, 9.17) is 4.74 Å². The van der Waals surface area contributed by atoms with Gasteiger partial charge in [0.05, 0.1) is 31.8 Å². The minimum atomic E-state index is -1.45. The summed E-state index contributed by atoms with van der Waals surface area (Å²) in [5.41, 5.74) is 1.97. The Morgan fingerprint density at radius 2 is 1.53 bits per heavy atom. The van der Waals surface area contributed by atoms with Gasteiger partial charge in [0.1, 0.15) is 42.2 Å². The molecule has 3 aromatic rings. The van der Waals surface area contributed by atoms with Gasteiger partial charge in [0.2, 0.25) is 29.5 Å². The van der Waals surface area contributed by atoms with Gasteiger partial charge in [-0.25, -0.2) is 4.68 Å². The number of aliphatic hydroxyl groups excluding tert-OH is 1. The van der Waals surface area contributed by atoms with Crippen molar-refractivity contribution in [3.63, 3.8) is 0 Å². The van der Waals surface area contributed by atoms with Gasteiger partial charge >= 0.3 is 0 Å². The molecular weight excluding hydrogens is 656 g/mol. The number of hydrogen-bond acceptors (Lipinski definition) is 9. The fourth-order valence-corrected chi connectivity index (χ4v) is 5.53. The number of aliphatic hydroxyl groups is 1. The molecule has 51 heavy (non-hydrogen) atoms. The molecule has 15 nitrogen and oxygen atoms in total. The van der Waals surface area contributed by atoms with Crippen LogP contribution in [0.15, 0.2) is 60.8 Å². The Morgan fingerprint density at radius 1 is 0.843 bits per heavy atom. The molecule has 6 N–H and O–H groups in total. The summed E-state index contributed by atoms with van der Waals surface area (Å²) in [5.74, 6) is -2.30. The first kappa shape index (κ1) is 38.5. The van der Waals surface area contributed by atoms with Crippen LogP contribution in [0.1, 0.15) is 57.4 Å². The number of amides is 5. The van der Waals surface area contributed by atoms with Crippen LogP contribution in [-0.2, 0) is 49.9 Å². The van der Waals surface area contributed by atoms with E-state index in [1.807, 2.05) is 44.2 Å². The molecular formula is C36H48N8O7. The average Bonchev–Trinajstić information content (AvgIpc) is 3.55. The van der Waals surface area contributed by atoms with Crippen molar-refractivity contribution in [1.82, 2.24) is 41.6 Å². The smallest absolute Gasteiger partial charge is 0.245 e. The van der Waals surface area contributed by atoms with E-state index in [1.165, 1.54) is 6.92 Å². The molecule has 2 aromatic carbocycles. The lowest BCUT2D eigenvalue weighted by Gasteiger charge is -2.27. The topological polar surface area (TPSA) is 206 Å². The zero-order valence-corrected chi connectivity index (χ0v) is 29.4. The van der Waals surface area contributed by atoms with Crippen molar-refractivity contribution in [3.8, 4) is 5.75 Å². The normalized spacial score (nSPS) is 22.2. The molecule has 5 amide bonds. The first-order valence-corrected chi connectivity index (χ1v) is 17.2. The van der Waals surface area contributed by atoms with Gasteiger partial charge in [-0.1, -0.05) is 68.4 Å². The number of aromatic nitrogens is 3. The third kappa shape index (κ3) is 11.9. The molecule has 0 radical (unpaired) electrons. The van der Waals surface area contributed by atoms with E-state index in [0.29, 0.717) is 30.0 Å². The SMILES string of the molecule is CC[C@@H]1NC(=O)[C@H](CC(C)C)NC(=O)Cc2ccc(cc2)OCCn2cc(nn2)CNC(=O)[C@H](Cc2ccccc2)NC(=O)[C@H]([C@@H](C)O)NC1=O. The summed E-state index contributed by atoms with van der Waals surface area (Å²) in [5, 5.41) is 32.3. The van der Waals surface area contributed by atoms with Gasteiger partial charge in [-0.3, -0.25) is 24.0 Å². The highest BCUT2D eigenvalue weighted by atomic mass is 16.5. The first-order chi connectivity index (χ1) is 24.4. The average molecular weight is 705 g/mol. The van der Waals surface area contributed by atoms with Crippen molar-refractivity contribution < 1.29 is 33.8 Å². The molecule has 0 saturated carbocycles. The number of carbonyl (C=O) groups excluding carboxylic acids is 5. The highest BCUT2D eigenvalue weighted by Crippen LogP contribution is 2.14. The summed E-state index contributed by atoms with van der Waals surface area (Å²) in [6.07, 6.45) is 0.949. The predicted molar refractivity (Wildman–Crippen MR) is 187 cm³/mol. The summed E-state index contributed by atoms with van der Waals surface area (Å²) < 4.78 is 7.42. The second kappa shape index (κ2) is 18.6. The van der Waals surface area contributed by atoms with Gasteiger partial charge in [-0.05, 0) is 48.9 Å². The van der Waals surface area contributed by atoms with Gasteiger partial charge in [0, 0.05) is 6.42 Å². The Morgan fingerprint density at radius 3 is 2.20 bits per heavy atom. The Kier molecular flexibility index (Phi) is 14.1. The molecule has 0 aliphatic carbocycles. The number of rotatable bonds is 6. The second-order valence-corrected chi connectivity index (χ2v) is 13.1. The maximum absolute atomic E-state index is 13.6. The number of nitrogens with one attached hydrogen (secondary N) is 5. The molecule has 274 valence electrons. The highest BCUT2D eigenvalue weighted by molar-refractivity contribution is 5.96. The number of ether oxygens (including phenoxy) is 1.